The number of nitrogens with one attached hydrogen (secondary N) is 2. The monoisotopic (exact) mass is 463 g/mol. The molecule has 1 aliphatic heterocycles. The first kappa shape index (κ1) is 25.0. The highest BCUT2D eigenvalue weighted by Crippen LogP contribution is 2.40. The maximum atomic E-state index is 12.9. The van der Waals surface area contributed by atoms with Gasteiger partial charge in [0, 0.05) is 16.8 Å². The number of hydrogen-bond donors (Lipinski definition) is 3. The molecule has 3 rings (SSSR count). The molecule has 1 aliphatic rings. The van der Waals surface area contributed by atoms with Gasteiger partial charge in [-0.15, -0.1) is 0 Å². The van der Waals surface area contributed by atoms with Crippen molar-refractivity contribution in [1.82, 2.24) is 10.2 Å². The summed E-state index contributed by atoms with van der Waals surface area (Å²) in [4.78, 5) is 38.7. The van der Waals surface area contributed by atoms with Crippen LogP contribution in [0.15, 0.2) is 42.1 Å². The maximum Gasteiger partial charge on any atom is 0.329 e. The second-order valence-corrected chi connectivity index (χ2v) is 10.8. The smallest absolute Gasteiger partial charge is 0.329 e. The van der Waals surface area contributed by atoms with Crippen molar-refractivity contribution in [1.29, 1.82) is 0 Å². The summed E-state index contributed by atoms with van der Waals surface area (Å²) in [5.74, 6) is -0.810. The van der Waals surface area contributed by atoms with Crippen molar-refractivity contribution in [3.05, 3.63) is 64.3 Å². The second kappa shape index (κ2) is 8.97. The Hall–Kier alpha value is -3.61. The predicted molar refractivity (Wildman–Crippen MR) is 134 cm³/mol. The summed E-state index contributed by atoms with van der Waals surface area (Å²) in [6, 6.07) is 10.3. The van der Waals surface area contributed by atoms with E-state index in [2.05, 4.69) is 10.6 Å². The molecule has 4 amide bonds. The Morgan fingerprint density at radius 3 is 2.15 bits per heavy atom. The van der Waals surface area contributed by atoms with E-state index in [1.807, 2.05) is 72.7 Å². The molecule has 0 unspecified atom stereocenters. The van der Waals surface area contributed by atoms with Gasteiger partial charge in [0.1, 0.15) is 18.0 Å². The minimum absolute atomic E-state index is 0.0822. The molecule has 7 heteroatoms. The van der Waals surface area contributed by atoms with Crippen LogP contribution in [-0.4, -0.2) is 34.4 Å². The molecular formula is C27H33N3O4. The molecular weight excluding hydrogens is 430 g/mol. The fourth-order valence-corrected chi connectivity index (χ4v) is 3.83. The van der Waals surface area contributed by atoms with Gasteiger partial charge in [0.25, 0.3) is 5.91 Å². The summed E-state index contributed by atoms with van der Waals surface area (Å²) in [6.07, 6.45) is 1.59. The zero-order chi connectivity index (χ0) is 25.4. The lowest BCUT2D eigenvalue weighted by Gasteiger charge is -2.28. The Morgan fingerprint density at radius 2 is 1.62 bits per heavy atom. The predicted octanol–water partition coefficient (Wildman–Crippen LogP) is 4.83. The third-order valence-electron chi connectivity index (χ3n) is 5.63. The van der Waals surface area contributed by atoms with Gasteiger partial charge in [-0.05, 0) is 59.2 Å². The number of carbonyl (C=O) groups excluding carboxylic acids is 3. The number of aromatic hydroxyl groups is 1. The van der Waals surface area contributed by atoms with Crippen LogP contribution in [0.5, 0.6) is 5.75 Å². The highest BCUT2D eigenvalue weighted by Gasteiger charge is 2.35. The van der Waals surface area contributed by atoms with Crippen molar-refractivity contribution < 1.29 is 19.5 Å². The minimum Gasteiger partial charge on any atom is -0.507 e. The van der Waals surface area contributed by atoms with Crippen LogP contribution in [-0.2, 0) is 20.4 Å². The largest absolute Gasteiger partial charge is 0.507 e. The molecule has 0 saturated carbocycles. The van der Waals surface area contributed by atoms with Crippen LogP contribution in [0.1, 0.15) is 63.8 Å². The average molecular weight is 464 g/mol. The van der Waals surface area contributed by atoms with Crippen LogP contribution >= 0.6 is 0 Å². The number of hydrogen-bond acceptors (Lipinski definition) is 4. The highest BCUT2D eigenvalue weighted by atomic mass is 16.3. The lowest BCUT2D eigenvalue weighted by molar-refractivity contribution is -0.127. The van der Waals surface area contributed by atoms with E-state index >= 15 is 0 Å². The van der Waals surface area contributed by atoms with Crippen molar-refractivity contribution in [2.75, 3.05) is 11.9 Å². The number of aryl methyl sites for hydroxylation is 1. The van der Waals surface area contributed by atoms with Crippen LogP contribution < -0.4 is 10.6 Å². The van der Waals surface area contributed by atoms with Gasteiger partial charge >= 0.3 is 6.03 Å². The Kier molecular flexibility index (Phi) is 6.60. The van der Waals surface area contributed by atoms with Crippen LogP contribution in [0.25, 0.3) is 6.08 Å². The fraction of sp³-hybridized carbons (Fsp3) is 0.370. The minimum atomic E-state index is -0.651. The highest BCUT2D eigenvalue weighted by molar-refractivity contribution is 6.16. The quantitative estimate of drug-likeness (QED) is 0.447. The zero-order valence-electron chi connectivity index (χ0n) is 20.9. The van der Waals surface area contributed by atoms with Crippen molar-refractivity contribution in [2.45, 2.75) is 59.3 Å². The number of carbonyl (C=O) groups is 3. The average Bonchev–Trinajstić information content (AvgIpc) is 2.94. The van der Waals surface area contributed by atoms with E-state index in [0.717, 1.165) is 21.6 Å². The molecule has 34 heavy (non-hydrogen) atoms. The maximum absolute atomic E-state index is 12.9. The normalized spacial score (nSPS) is 15.6. The summed E-state index contributed by atoms with van der Waals surface area (Å²) in [5.41, 5.74) is 3.18. The van der Waals surface area contributed by atoms with Crippen LogP contribution in [0.3, 0.4) is 0 Å². The number of imide groups is 1. The van der Waals surface area contributed by atoms with Crippen LogP contribution in [0.2, 0.25) is 0 Å². The summed E-state index contributed by atoms with van der Waals surface area (Å²) in [5, 5.41) is 16.2. The Balaban J connectivity index is 1.88. The van der Waals surface area contributed by atoms with Gasteiger partial charge in [-0.3, -0.25) is 9.59 Å². The molecule has 0 aliphatic carbocycles. The van der Waals surface area contributed by atoms with Gasteiger partial charge in [-0.25, -0.2) is 9.69 Å². The summed E-state index contributed by atoms with van der Waals surface area (Å²) in [6.45, 7) is 13.5. The van der Waals surface area contributed by atoms with Crippen molar-refractivity contribution in [2.24, 2.45) is 0 Å². The van der Waals surface area contributed by atoms with Gasteiger partial charge in [-0.1, -0.05) is 53.7 Å². The molecule has 1 fully saturated rings. The molecule has 0 radical (unpaired) electrons. The lowest BCUT2D eigenvalue weighted by atomic mass is 9.78. The number of urea groups is 1. The number of amides is 4. The zero-order valence-corrected chi connectivity index (χ0v) is 20.9. The Labute approximate surface area is 200 Å². The standard InChI is InChI=1S/C27H33N3O4/c1-16-9-8-10-18(11-16)28-22(31)15-30-24(33)21(29-25(30)34)14-17-12-19(26(2,3)4)23(32)20(13-17)27(5,6)7/h8-14,32H,15H2,1-7H3,(H,28,31)(H,29,34). The number of nitrogens with zero attached hydrogens (tertiary/aromatic N) is 1. The van der Waals surface area contributed by atoms with Gasteiger partial charge in [0.05, 0.1) is 0 Å². The number of phenols is 1. The van der Waals surface area contributed by atoms with E-state index in [9.17, 15) is 19.5 Å². The number of rotatable bonds is 4. The lowest BCUT2D eigenvalue weighted by Crippen LogP contribution is -2.38. The first-order valence-electron chi connectivity index (χ1n) is 11.3. The Morgan fingerprint density at radius 1 is 1.03 bits per heavy atom. The van der Waals surface area contributed by atoms with Gasteiger partial charge < -0.3 is 15.7 Å². The molecule has 0 aromatic heterocycles. The van der Waals surface area contributed by atoms with E-state index in [1.165, 1.54) is 0 Å². The molecule has 7 nitrogen and oxygen atoms in total. The molecule has 0 bridgehead atoms. The summed E-state index contributed by atoms with van der Waals surface area (Å²) in [7, 11) is 0. The number of phenolic OH excluding ortho intramolecular Hbond substituents is 1. The van der Waals surface area contributed by atoms with Gasteiger partial charge in [0.15, 0.2) is 0 Å². The third kappa shape index (κ3) is 5.47. The third-order valence-corrected chi connectivity index (χ3v) is 5.63. The molecule has 1 saturated heterocycles. The molecule has 1 heterocycles. The first-order valence-corrected chi connectivity index (χ1v) is 11.3. The molecule has 180 valence electrons. The molecule has 3 N–H and O–H groups in total. The van der Waals surface area contributed by atoms with Crippen molar-refractivity contribution in [3.63, 3.8) is 0 Å². The van der Waals surface area contributed by atoms with Gasteiger partial charge in [0.2, 0.25) is 5.91 Å². The topological polar surface area (TPSA) is 98.7 Å². The molecule has 0 spiro atoms. The molecule has 2 aromatic carbocycles. The van der Waals surface area contributed by atoms with Crippen molar-refractivity contribution >= 4 is 29.6 Å². The fourth-order valence-electron chi connectivity index (χ4n) is 3.83. The molecule has 2 aromatic rings. The van der Waals surface area contributed by atoms with Gasteiger partial charge in [-0.2, -0.15) is 0 Å². The van der Waals surface area contributed by atoms with Crippen LogP contribution in [0, 0.1) is 6.92 Å². The first-order chi connectivity index (χ1) is 15.7. The van der Waals surface area contributed by atoms with E-state index in [1.54, 1.807) is 18.2 Å². The summed E-state index contributed by atoms with van der Waals surface area (Å²) >= 11 is 0. The van der Waals surface area contributed by atoms with E-state index in [-0.39, 0.29) is 22.3 Å². The van der Waals surface area contributed by atoms with E-state index < -0.39 is 24.4 Å². The summed E-state index contributed by atoms with van der Waals surface area (Å²) < 4.78 is 0. The van der Waals surface area contributed by atoms with E-state index in [4.69, 9.17) is 0 Å². The Bertz CT molecular complexity index is 1150. The van der Waals surface area contributed by atoms with E-state index in [0.29, 0.717) is 11.3 Å². The second-order valence-electron chi connectivity index (χ2n) is 10.8. The van der Waals surface area contributed by atoms with Crippen molar-refractivity contribution in [3.8, 4) is 5.75 Å². The SMILES string of the molecule is Cc1cccc(NC(=O)CN2C(=O)NC(=Cc3cc(C(C)(C)C)c(O)c(C(C)(C)C)c3)C2=O)c1. The van der Waals surface area contributed by atoms with Crippen LogP contribution in [0.4, 0.5) is 10.5 Å². The molecule has 0 atom stereocenters. The number of anilines is 1. The number of benzene rings is 2.